The van der Waals surface area contributed by atoms with Crippen molar-refractivity contribution in [3.63, 3.8) is 0 Å². The van der Waals surface area contributed by atoms with Crippen LogP contribution in [0.5, 0.6) is 0 Å². The highest BCUT2D eigenvalue weighted by Crippen LogP contribution is 2.18. The molecule has 6 heteroatoms. The second kappa shape index (κ2) is 9.40. The summed E-state index contributed by atoms with van der Waals surface area (Å²) in [6.07, 6.45) is 0. The average Bonchev–Trinajstić information content (AvgIpc) is 2.67. The molecule has 1 aliphatic rings. The fourth-order valence-corrected chi connectivity index (χ4v) is 3.60. The maximum absolute atomic E-state index is 12.3. The van der Waals surface area contributed by atoms with E-state index in [1.54, 1.807) is 0 Å². The van der Waals surface area contributed by atoms with Crippen molar-refractivity contribution in [2.24, 2.45) is 4.99 Å². The molecule has 2 N–H and O–H groups in total. The fraction of sp³-hybridized carbons (Fsp3) is 0.300. The molecule has 0 spiro atoms. The number of piperazine rings is 1. The summed E-state index contributed by atoms with van der Waals surface area (Å²) < 4.78 is 0. The van der Waals surface area contributed by atoms with Crippen molar-refractivity contribution < 1.29 is 9.69 Å². The highest BCUT2D eigenvalue weighted by Gasteiger charge is 2.21. The van der Waals surface area contributed by atoms with Crippen LogP contribution in [0.4, 0.5) is 11.4 Å². The topological polar surface area (TPSA) is 49.1 Å². The van der Waals surface area contributed by atoms with Gasteiger partial charge >= 0.3 is 0 Å². The number of nitrogens with zero attached hydrogens (tertiary/aromatic N) is 2. The molecule has 1 saturated heterocycles. The molecule has 0 bridgehead atoms. The van der Waals surface area contributed by atoms with Crippen LogP contribution in [0.3, 0.4) is 0 Å². The average molecular weight is 370 g/mol. The number of thioether (sulfide) groups is 1. The molecule has 26 heavy (non-hydrogen) atoms. The Kier molecular flexibility index (Phi) is 6.68. The van der Waals surface area contributed by atoms with Gasteiger partial charge in [0, 0.05) is 5.69 Å². The number of para-hydroxylation sites is 2. The Bertz CT molecular complexity index is 728. The van der Waals surface area contributed by atoms with Gasteiger partial charge in [-0.15, -0.1) is 0 Å². The Labute approximate surface area is 159 Å². The molecule has 2 aromatic rings. The molecule has 0 atom stereocenters. The zero-order valence-corrected chi connectivity index (χ0v) is 15.8. The lowest BCUT2D eigenvalue weighted by Gasteiger charge is -2.32. The normalized spacial score (nSPS) is 15.7. The third-order valence-corrected chi connectivity index (χ3v) is 5.27. The Morgan fingerprint density at radius 2 is 1.69 bits per heavy atom. The van der Waals surface area contributed by atoms with Gasteiger partial charge < -0.3 is 15.1 Å². The summed E-state index contributed by atoms with van der Waals surface area (Å²) in [5.74, 6) is 0.335. The van der Waals surface area contributed by atoms with Crippen LogP contribution in [0, 0.1) is 0 Å². The van der Waals surface area contributed by atoms with Gasteiger partial charge in [-0.25, -0.2) is 4.99 Å². The number of anilines is 1. The monoisotopic (exact) mass is 369 g/mol. The number of carbonyl (C=O) groups is 1. The Morgan fingerprint density at radius 3 is 2.35 bits per heavy atom. The maximum atomic E-state index is 12.3. The van der Waals surface area contributed by atoms with Crippen LogP contribution >= 0.6 is 11.8 Å². The minimum Gasteiger partial charge on any atom is -0.340 e. The number of hydrogen-bond acceptors (Lipinski definition) is 3. The number of carbonyl (C=O) groups excluding carboxylic acids is 1. The Hall–Kier alpha value is -2.31. The van der Waals surface area contributed by atoms with Gasteiger partial charge in [-0.2, -0.15) is 0 Å². The number of rotatable bonds is 4. The highest BCUT2D eigenvalue weighted by atomic mass is 32.2. The molecule has 1 heterocycles. The van der Waals surface area contributed by atoms with Gasteiger partial charge in [-0.1, -0.05) is 48.2 Å². The molecule has 0 radical (unpaired) electrons. The van der Waals surface area contributed by atoms with Crippen LogP contribution in [0.15, 0.2) is 65.7 Å². The predicted octanol–water partition coefficient (Wildman–Crippen LogP) is 1.88. The number of likely N-dealkylation sites (N-methyl/N-ethyl adjacent to an activating group) is 1. The summed E-state index contributed by atoms with van der Waals surface area (Å²) >= 11 is 1.51. The number of nitrogens with one attached hydrogen (secondary N) is 2. The van der Waals surface area contributed by atoms with E-state index in [9.17, 15) is 4.79 Å². The van der Waals surface area contributed by atoms with Crippen molar-refractivity contribution in [1.29, 1.82) is 0 Å². The van der Waals surface area contributed by atoms with Gasteiger partial charge in [0.05, 0.1) is 44.7 Å². The first kappa shape index (κ1) is 18.5. The van der Waals surface area contributed by atoms with E-state index < -0.39 is 0 Å². The molecule has 0 aromatic heterocycles. The fourth-order valence-electron chi connectivity index (χ4n) is 2.74. The van der Waals surface area contributed by atoms with Crippen molar-refractivity contribution in [3.05, 3.63) is 60.7 Å². The molecule has 0 saturated carbocycles. The zero-order valence-electron chi connectivity index (χ0n) is 15.0. The smallest absolute Gasteiger partial charge is 0.234 e. The summed E-state index contributed by atoms with van der Waals surface area (Å²) in [5, 5.41) is 3.86. The molecule has 136 valence electrons. The predicted molar refractivity (Wildman–Crippen MR) is 109 cm³/mol. The minimum absolute atomic E-state index is 0.0123. The van der Waals surface area contributed by atoms with E-state index in [0.29, 0.717) is 5.75 Å². The van der Waals surface area contributed by atoms with Crippen LogP contribution in [-0.2, 0) is 4.79 Å². The van der Waals surface area contributed by atoms with Crippen molar-refractivity contribution >= 4 is 34.2 Å². The van der Waals surface area contributed by atoms with Crippen LogP contribution < -0.4 is 10.2 Å². The standard InChI is InChI=1S/C20H24N4OS/c1-23-12-14-24(15-13-23)20(22-18-10-6-3-7-11-18)26-16-19(25)21-17-8-4-2-5-9-17/h2-11H,12-16H2,1H3,(H,21,25)/p+1. The van der Waals surface area contributed by atoms with Gasteiger partial charge in [0.1, 0.15) is 0 Å². The largest absolute Gasteiger partial charge is 0.340 e. The molecule has 0 aliphatic carbocycles. The molecule has 0 unspecified atom stereocenters. The first-order valence-electron chi connectivity index (χ1n) is 8.88. The molecule has 1 amide bonds. The summed E-state index contributed by atoms with van der Waals surface area (Å²) in [7, 11) is 2.21. The number of amidine groups is 1. The van der Waals surface area contributed by atoms with Crippen LogP contribution in [0.1, 0.15) is 0 Å². The van der Waals surface area contributed by atoms with Gasteiger partial charge in [-0.05, 0) is 24.3 Å². The molecule has 5 nitrogen and oxygen atoms in total. The zero-order chi connectivity index (χ0) is 18.2. The summed E-state index contributed by atoms with van der Waals surface area (Å²) in [6, 6.07) is 19.5. The SMILES string of the molecule is C[NH+]1CCN(C(=Nc2ccccc2)SCC(=O)Nc2ccccc2)CC1. The molecular formula is C20H25N4OS+. The molecule has 2 aromatic carbocycles. The lowest BCUT2D eigenvalue weighted by Crippen LogP contribution is -3.12. The highest BCUT2D eigenvalue weighted by molar-refractivity contribution is 8.14. The van der Waals surface area contributed by atoms with Gasteiger partial charge in [0.25, 0.3) is 0 Å². The summed E-state index contributed by atoms with van der Waals surface area (Å²) in [4.78, 5) is 20.9. The lowest BCUT2D eigenvalue weighted by atomic mass is 10.3. The summed E-state index contributed by atoms with van der Waals surface area (Å²) in [6.45, 7) is 4.10. The number of quaternary nitrogens is 1. The van der Waals surface area contributed by atoms with Gasteiger partial charge in [0.2, 0.25) is 5.91 Å². The molecule has 1 aliphatic heterocycles. The van der Waals surface area contributed by atoms with E-state index in [1.807, 2.05) is 60.7 Å². The van der Waals surface area contributed by atoms with E-state index in [1.165, 1.54) is 16.7 Å². The number of hydrogen-bond donors (Lipinski definition) is 2. The van der Waals surface area contributed by atoms with E-state index in [-0.39, 0.29) is 5.91 Å². The van der Waals surface area contributed by atoms with Crippen LogP contribution in [0.2, 0.25) is 0 Å². The van der Waals surface area contributed by atoms with Gasteiger partial charge in [0.15, 0.2) is 5.17 Å². The minimum atomic E-state index is -0.0123. The van der Waals surface area contributed by atoms with Crippen molar-refractivity contribution in [3.8, 4) is 0 Å². The van der Waals surface area contributed by atoms with Crippen molar-refractivity contribution in [1.82, 2.24) is 4.90 Å². The van der Waals surface area contributed by atoms with E-state index >= 15 is 0 Å². The molecule has 3 rings (SSSR count). The summed E-state index contributed by atoms with van der Waals surface area (Å²) in [5.41, 5.74) is 1.74. The van der Waals surface area contributed by atoms with Crippen molar-refractivity contribution in [2.45, 2.75) is 0 Å². The van der Waals surface area contributed by atoms with Gasteiger partial charge in [-0.3, -0.25) is 4.79 Å². The number of benzene rings is 2. The third-order valence-electron chi connectivity index (χ3n) is 4.26. The van der Waals surface area contributed by atoms with Crippen LogP contribution in [-0.4, -0.2) is 55.0 Å². The molecule has 1 fully saturated rings. The second-order valence-electron chi connectivity index (χ2n) is 6.38. The maximum Gasteiger partial charge on any atom is 0.234 e. The van der Waals surface area contributed by atoms with E-state index in [0.717, 1.165) is 42.7 Å². The first-order valence-corrected chi connectivity index (χ1v) is 9.87. The Balaban J connectivity index is 1.65. The Morgan fingerprint density at radius 1 is 1.08 bits per heavy atom. The number of aliphatic imine (C=N–C) groups is 1. The van der Waals surface area contributed by atoms with Crippen LogP contribution in [0.25, 0.3) is 0 Å². The molecular weight excluding hydrogens is 344 g/mol. The number of amides is 1. The first-order chi connectivity index (χ1) is 12.7. The second-order valence-corrected chi connectivity index (χ2v) is 7.32. The van der Waals surface area contributed by atoms with E-state index in [2.05, 4.69) is 17.3 Å². The lowest BCUT2D eigenvalue weighted by molar-refractivity contribution is -0.883. The third kappa shape index (κ3) is 5.61. The van der Waals surface area contributed by atoms with Crippen molar-refractivity contribution in [2.75, 3.05) is 44.3 Å². The van der Waals surface area contributed by atoms with E-state index in [4.69, 9.17) is 4.99 Å². The quantitative estimate of drug-likeness (QED) is 0.639.